The number of hydrogen-bond donors (Lipinski definition) is 1. The number of rotatable bonds is 4. The van der Waals surface area contributed by atoms with Gasteiger partial charge < -0.3 is 5.32 Å². The van der Waals surface area contributed by atoms with Gasteiger partial charge >= 0.3 is 0 Å². The van der Waals surface area contributed by atoms with Crippen LogP contribution in [0.2, 0.25) is 0 Å². The summed E-state index contributed by atoms with van der Waals surface area (Å²) >= 11 is 0. The molecule has 0 amide bonds. The van der Waals surface area contributed by atoms with Crippen LogP contribution in [0.1, 0.15) is 62.9 Å². The van der Waals surface area contributed by atoms with E-state index in [0.29, 0.717) is 12.0 Å². The van der Waals surface area contributed by atoms with Crippen molar-refractivity contribution >= 4 is 0 Å². The van der Waals surface area contributed by atoms with Gasteiger partial charge in [-0.1, -0.05) is 20.3 Å². The molecule has 1 aliphatic rings. The summed E-state index contributed by atoms with van der Waals surface area (Å²) in [6.45, 7) is 7.70. The smallest absolute Gasteiger partial charge is 0.115 e. The van der Waals surface area contributed by atoms with Gasteiger partial charge in [-0.15, -0.1) is 0 Å². The molecule has 2 rings (SSSR count). The largest absolute Gasteiger partial charge is 0.314 e. The van der Waals surface area contributed by atoms with Crippen LogP contribution in [-0.2, 0) is 12.8 Å². The molecule has 2 atom stereocenters. The van der Waals surface area contributed by atoms with Gasteiger partial charge in [-0.2, -0.15) is 0 Å². The van der Waals surface area contributed by atoms with Crippen LogP contribution < -0.4 is 5.32 Å². The van der Waals surface area contributed by atoms with Crippen molar-refractivity contribution in [1.82, 2.24) is 15.3 Å². The molecule has 1 aromatic rings. The number of nitrogens with zero attached hydrogens (tertiary/aromatic N) is 2. The Hall–Kier alpha value is -0.960. The number of aromatic nitrogens is 2. The van der Waals surface area contributed by atoms with E-state index in [1.165, 1.54) is 36.2 Å². The van der Waals surface area contributed by atoms with Crippen molar-refractivity contribution in [3.05, 3.63) is 23.3 Å². The Kier molecular flexibility index (Phi) is 4.70. The number of nitrogens with one attached hydrogen (secondary N) is 1. The van der Waals surface area contributed by atoms with Crippen LogP contribution in [0.4, 0.5) is 0 Å². The number of fused-ring (bicyclic) bond motifs is 1. The van der Waals surface area contributed by atoms with E-state index in [1.807, 2.05) is 0 Å². The lowest BCUT2D eigenvalue weighted by Gasteiger charge is -2.23. The van der Waals surface area contributed by atoms with E-state index in [9.17, 15) is 0 Å². The van der Waals surface area contributed by atoms with Gasteiger partial charge in [0, 0.05) is 17.7 Å². The molecular weight excluding hydrogens is 222 g/mol. The Morgan fingerprint density at radius 2 is 1.94 bits per heavy atom. The summed E-state index contributed by atoms with van der Waals surface area (Å²) in [5.74, 6) is 0.458. The minimum atomic E-state index is 0.458. The molecule has 1 aliphatic carbocycles. The summed E-state index contributed by atoms with van der Waals surface area (Å²) in [6.07, 6.45) is 7.94. The zero-order chi connectivity index (χ0) is 13.0. The van der Waals surface area contributed by atoms with Crippen molar-refractivity contribution in [2.24, 2.45) is 0 Å². The molecule has 0 radical (unpaired) electrons. The second-order valence-corrected chi connectivity index (χ2v) is 5.38. The maximum absolute atomic E-state index is 4.59. The van der Waals surface area contributed by atoms with Crippen molar-refractivity contribution in [3.8, 4) is 0 Å². The second kappa shape index (κ2) is 6.28. The molecule has 0 spiro atoms. The first-order valence-electron chi connectivity index (χ1n) is 7.30. The van der Waals surface area contributed by atoms with Crippen molar-refractivity contribution in [1.29, 1.82) is 0 Å². The summed E-state index contributed by atoms with van der Waals surface area (Å²) in [7, 11) is 0. The summed E-state index contributed by atoms with van der Waals surface area (Å²) < 4.78 is 0. The second-order valence-electron chi connectivity index (χ2n) is 5.38. The Labute approximate surface area is 110 Å². The first kappa shape index (κ1) is 13.5. The van der Waals surface area contributed by atoms with Crippen LogP contribution in [0, 0.1) is 0 Å². The lowest BCUT2D eigenvalue weighted by atomic mass is 9.93. The van der Waals surface area contributed by atoms with Gasteiger partial charge in [-0.25, -0.2) is 9.97 Å². The summed E-state index contributed by atoms with van der Waals surface area (Å²) in [6, 6.07) is 0.470. The molecule has 1 N–H and O–H groups in total. The predicted molar refractivity (Wildman–Crippen MR) is 74.8 cm³/mol. The van der Waals surface area contributed by atoms with Gasteiger partial charge in [-0.3, -0.25) is 0 Å². The molecule has 0 fully saturated rings. The van der Waals surface area contributed by atoms with Gasteiger partial charge in [0.25, 0.3) is 0 Å². The molecule has 3 nitrogen and oxygen atoms in total. The van der Waals surface area contributed by atoms with Crippen molar-refractivity contribution in [2.45, 2.75) is 64.8 Å². The van der Waals surface area contributed by atoms with Crippen LogP contribution in [0.25, 0.3) is 0 Å². The Morgan fingerprint density at radius 1 is 1.17 bits per heavy atom. The first-order chi connectivity index (χ1) is 8.74. The van der Waals surface area contributed by atoms with E-state index in [4.69, 9.17) is 0 Å². The minimum absolute atomic E-state index is 0.458. The zero-order valence-electron chi connectivity index (χ0n) is 11.9. The van der Waals surface area contributed by atoms with E-state index in [1.54, 1.807) is 6.33 Å². The minimum Gasteiger partial charge on any atom is -0.314 e. The van der Waals surface area contributed by atoms with Gasteiger partial charge in [0.2, 0.25) is 0 Å². The maximum atomic E-state index is 4.59. The highest BCUT2D eigenvalue weighted by atomic mass is 14.9. The number of hydrogen-bond acceptors (Lipinski definition) is 3. The molecule has 18 heavy (non-hydrogen) atoms. The fourth-order valence-electron chi connectivity index (χ4n) is 2.85. The predicted octanol–water partition coefficient (Wildman–Crippen LogP) is 2.85. The van der Waals surface area contributed by atoms with Gasteiger partial charge in [0.15, 0.2) is 0 Å². The molecule has 1 heterocycles. The van der Waals surface area contributed by atoms with Crippen LogP contribution in [0.3, 0.4) is 0 Å². The standard InChI is InChI=1S/C15H25N3/c1-4-16-12(3)11(2)15-13-8-6-5-7-9-14(13)17-10-18-15/h10-12,16H,4-9H2,1-3H3. The summed E-state index contributed by atoms with van der Waals surface area (Å²) in [4.78, 5) is 9.08. The molecule has 0 bridgehead atoms. The zero-order valence-corrected chi connectivity index (χ0v) is 11.9. The fourth-order valence-corrected chi connectivity index (χ4v) is 2.85. The monoisotopic (exact) mass is 247 g/mol. The van der Waals surface area contributed by atoms with Gasteiger partial charge in [0.1, 0.15) is 6.33 Å². The van der Waals surface area contributed by atoms with E-state index >= 15 is 0 Å². The molecule has 0 aromatic carbocycles. The summed E-state index contributed by atoms with van der Waals surface area (Å²) in [5, 5.41) is 3.51. The Balaban J connectivity index is 2.27. The average molecular weight is 247 g/mol. The Bertz CT molecular complexity index is 389. The maximum Gasteiger partial charge on any atom is 0.115 e. The highest BCUT2D eigenvalue weighted by Crippen LogP contribution is 2.27. The summed E-state index contributed by atoms with van der Waals surface area (Å²) in [5.41, 5.74) is 4.01. The first-order valence-corrected chi connectivity index (χ1v) is 7.30. The van der Waals surface area contributed by atoms with E-state index in [-0.39, 0.29) is 0 Å². The van der Waals surface area contributed by atoms with Crippen LogP contribution in [0.5, 0.6) is 0 Å². The van der Waals surface area contributed by atoms with Crippen molar-refractivity contribution in [3.63, 3.8) is 0 Å². The number of likely N-dealkylation sites (N-methyl/N-ethyl adjacent to an activating group) is 1. The molecule has 3 heteroatoms. The van der Waals surface area contributed by atoms with E-state index < -0.39 is 0 Å². The molecule has 2 unspecified atom stereocenters. The third-order valence-corrected chi connectivity index (χ3v) is 4.12. The highest BCUT2D eigenvalue weighted by Gasteiger charge is 2.21. The van der Waals surface area contributed by atoms with Crippen LogP contribution in [-0.4, -0.2) is 22.6 Å². The van der Waals surface area contributed by atoms with Crippen molar-refractivity contribution < 1.29 is 0 Å². The Morgan fingerprint density at radius 3 is 2.72 bits per heavy atom. The molecule has 0 saturated heterocycles. The molecule has 100 valence electrons. The SMILES string of the molecule is CCNC(C)C(C)c1ncnc2c1CCCCC2. The van der Waals surface area contributed by atoms with E-state index in [0.717, 1.165) is 19.4 Å². The van der Waals surface area contributed by atoms with Gasteiger partial charge in [0.05, 0.1) is 5.69 Å². The lowest BCUT2D eigenvalue weighted by Crippen LogP contribution is -2.31. The number of aryl methyl sites for hydroxylation is 1. The molecule has 1 aromatic heterocycles. The quantitative estimate of drug-likeness (QED) is 0.831. The highest BCUT2D eigenvalue weighted by molar-refractivity contribution is 5.29. The van der Waals surface area contributed by atoms with Gasteiger partial charge in [-0.05, 0) is 44.7 Å². The lowest BCUT2D eigenvalue weighted by molar-refractivity contribution is 0.483. The molecule has 0 aliphatic heterocycles. The molecular formula is C15H25N3. The average Bonchev–Trinajstić information content (AvgIpc) is 2.62. The van der Waals surface area contributed by atoms with E-state index in [2.05, 4.69) is 36.1 Å². The fraction of sp³-hybridized carbons (Fsp3) is 0.733. The van der Waals surface area contributed by atoms with Crippen LogP contribution >= 0.6 is 0 Å². The third-order valence-electron chi connectivity index (χ3n) is 4.12. The topological polar surface area (TPSA) is 37.8 Å². The molecule has 0 saturated carbocycles. The van der Waals surface area contributed by atoms with Crippen molar-refractivity contribution in [2.75, 3.05) is 6.54 Å². The van der Waals surface area contributed by atoms with Crippen LogP contribution in [0.15, 0.2) is 6.33 Å². The normalized spacial score (nSPS) is 18.8. The third kappa shape index (κ3) is 2.89.